The fourth-order valence-electron chi connectivity index (χ4n) is 7.41. The van der Waals surface area contributed by atoms with Crippen molar-refractivity contribution in [3.8, 4) is 33.6 Å². The van der Waals surface area contributed by atoms with E-state index < -0.39 is 45.1 Å². The number of furan rings is 1. The van der Waals surface area contributed by atoms with Crippen LogP contribution in [0.15, 0.2) is 114 Å². The van der Waals surface area contributed by atoms with Gasteiger partial charge in [-0.25, -0.2) is 0 Å². The van der Waals surface area contributed by atoms with Crippen LogP contribution in [0.1, 0.15) is 111 Å². The maximum atomic E-state index is 9.10. The molecule has 9 rings (SSSR count). The first kappa shape index (κ1) is 26.2. The molecule has 0 aliphatic heterocycles. The Bertz CT molecular complexity index is 3220. The van der Waals surface area contributed by atoms with Gasteiger partial charge in [-0.15, -0.1) is 47.5 Å². The van der Waals surface area contributed by atoms with Gasteiger partial charge in [-0.05, 0) is 96.2 Å². The molecule has 8 aromatic rings. The Hall–Kier alpha value is -4.89. The molecule has 4 heteroatoms. The predicted molar refractivity (Wildman–Crippen MR) is 235 cm³/mol. The first-order valence-electron chi connectivity index (χ1n) is 26.1. The number of rotatable bonds is 5. The van der Waals surface area contributed by atoms with E-state index in [2.05, 4.69) is 34.2 Å². The van der Waals surface area contributed by atoms with Crippen LogP contribution in [-0.4, -0.2) is 9.97 Å². The molecule has 0 unspecified atom stereocenters. The summed E-state index contributed by atoms with van der Waals surface area (Å²) >= 11 is 0. The van der Waals surface area contributed by atoms with Gasteiger partial charge in [-0.1, -0.05) is 141 Å². The molecule has 1 fully saturated rings. The van der Waals surface area contributed by atoms with Crippen molar-refractivity contribution in [2.24, 2.45) is 5.41 Å². The molecule has 0 N–H and O–H groups in total. The van der Waals surface area contributed by atoms with E-state index in [4.69, 9.17) is 23.6 Å². The minimum atomic E-state index is -2.62. The largest absolute Gasteiger partial charge is 0.500 e. The first-order chi connectivity index (χ1) is 32.7. The number of pyridine rings is 2. The molecule has 1 aliphatic rings. The summed E-state index contributed by atoms with van der Waals surface area (Å²) in [6, 6.07) is 35.2. The summed E-state index contributed by atoms with van der Waals surface area (Å²) in [5, 5.41) is 3.66. The predicted octanol–water partition coefficient (Wildman–Crippen LogP) is 14.7. The van der Waals surface area contributed by atoms with E-state index in [1.54, 1.807) is 39.0 Å². The van der Waals surface area contributed by atoms with E-state index >= 15 is 0 Å². The summed E-state index contributed by atoms with van der Waals surface area (Å²) in [5.74, 6) is -0.598. The van der Waals surface area contributed by atoms with Gasteiger partial charge in [0.1, 0.15) is 5.58 Å². The van der Waals surface area contributed by atoms with Crippen molar-refractivity contribution in [3.05, 3.63) is 155 Å². The van der Waals surface area contributed by atoms with E-state index in [9.17, 15) is 0 Å². The van der Waals surface area contributed by atoms with Gasteiger partial charge in [-0.2, -0.15) is 0 Å². The smallest absolute Gasteiger partial charge is 0.128 e. The van der Waals surface area contributed by atoms with Crippen LogP contribution in [0.25, 0.3) is 66.4 Å². The molecule has 3 nitrogen and oxygen atoms in total. The van der Waals surface area contributed by atoms with Crippen LogP contribution >= 0.6 is 0 Å². The molecule has 0 bridgehead atoms. The van der Waals surface area contributed by atoms with E-state index in [1.807, 2.05) is 54.6 Å². The molecule has 1 radical (unpaired) electrons. The quantitative estimate of drug-likeness (QED) is 0.161. The van der Waals surface area contributed by atoms with Gasteiger partial charge in [0, 0.05) is 62.5 Å². The van der Waals surface area contributed by atoms with E-state index in [0.29, 0.717) is 33.6 Å². The number of aromatic nitrogens is 2. The van der Waals surface area contributed by atoms with Crippen molar-refractivity contribution < 1.29 is 43.7 Å². The zero-order valence-electron chi connectivity index (χ0n) is 46.1. The number of benzene rings is 5. The third-order valence-electron chi connectivity index (χ3n) is 10.2. The molecule has 3 aromatic heterocycles. The molecular formula is C53H52IrN2O-2. The van der Waals surface area contributed by atoms with E-state index in [0.717, 1.165) is 64.6 Å². The monoisotopic (exact) mass is 939 g/mol. The first-order valence-corrected chi connectivity index (χ1v) is 19.0. The van der Waals surface area contributed by atoms with Gasteiger partial charge in [-0.3, -0.25) is 0 Å². The second-order valence-electron chi connectivity index (χ2n) is 15.4. The molecule has 291 valence electrons. The molecule has 57 heavy (non-hydrogen) atoms. The van der Waals surface area contributed by atoms with E-state index in [1.165, 1.54) is 24.8 Å². The Labute approximate surface area is 372 Å². The van der Waals surface area contributed by atoms with Crippen LogP contribution in [0.2, 0.25) is 0 Å². The maximum absolute atomic E-state index is 9.10. The standard InChI is InChI=1S/C29H26NO.C24H26N.Ir/c1-18-15-27(30-17-19(18)2)25-10-6-9-23-24-14-13-21-11-12-22(20-7-4-3-5-8-20)16-26(21)29(24)31-28(23)25;1-17-11-12-20(13-22(17)19-9-7-6-8-10-19)23-14-21(15-24(3,4)5)18(2)16-25-23;/h6,9,11-17,20H,3-5,7-8H2,1-2H3;6-11,13-14,16H,15H2,1-5H3;/q2*-1;/i1D3,2D3,20D;1D3,2D2,15D2;. The second kappa shape index (κ2) is 16.9. The number of hydrogen-bond donors (Lipinski definition) is 0. The Morgan fingerprint density at radius 2 is 1.51 bits per heavy atom. The zero-order chi connectivity index (χ0) is 50.8. The molecule has 0 atom stereocenters. The van der Waals surface area contributed by atoms with Crippen LogP contribution in [0.3, 0.4) is 0 Å². The molecule has 0 saturated heterocycles. The minimum absolute atomic E-state index is 0. The Balaban J connectivity index is 0.000000209. The summed E-state index contributed by atoms with van der Waals surface area (Å²) in [7, 11) is 0. The van der Waals surface area contributed by atoms with Crippen molar-refractivity contribution in [3.63, 3.8) is 0 Å². The summed E-state index contributed by atoms with van der Waals surface area (Å²) in [4.78, 5) is 8.71. The van der Waals surface area contributed by atoms with Crippen LogP contribution in [-0.2, 0) is 26.5 Å². The Morgan fingerprint density at radius 3 is 2.28 bits per heavy atom. The normalized spacial score (nSPS) is 18.5. The third-order valence-corrected chi connectivity index (χ3v) is 10.2. The van der Waals surface area contributed by atoms with Crippen molar-refractivity contribution >= 4 is 32.7 Å². The molecule has 1 aliphatic carbocycles. The summed E-state index contributed by atoms with van der Waals surface area (Å²) < 4.78 is 119. The van der Waals surface area contributed by atoms with E-state index in [-0.39, 0.29) is 53.6 Å². The molecular weight excluding hydrogens is 873 g/mol. The average Bonchev–Trinajstić information content (AvgIpc) is 3.70. The molecule has 5 aromatic carbocycles. The SMILES string of the molecule is [2H]C([2H])([2H])c1cnc(-c2[c-]ccc3c2oc2c4cc(C5([2H])CCCCC5)ccc4ccc32)cc1C([2H])([2H])[2H].[2H]C([2H])c1cnc(-c2[c-]cc(C([2H])([2H])[2H])c(-c3ccccc3)c2)cc1C([2H])([2H])C(C)(C)C.[Ir]. The maximum Gasteiger partial charge on any atom is 0.128 e. The number of hydrogen-bond acceptors (Lipinski definition) is 3. The molecule has 3 heterocycles. The molecule has 0 amide bonds. The van der Waals surface area contributed by atoms with Crippen LogP contribution in [0.5, 0.6) is 0 Å². The van der Waals surface area contributed by atoms with Gasteiger partial charge in [0.15, 0.2) is 0 Å². The molecule has 1 saturated carbocycles. The van der Waals surface area contributed by atoms with Crippen molar-refractivity contribution in [1.82, 2.24) is 9.97 Å². The number of aryl methyl sites for hydroxylation is 4. The minimum Gasteiger partial charge on any atom is -0.500 e. The van der Waals surface area contributed by atoms with Gasteiger partial charge < -0.3 is 14.4 Å². The van der Waals surface area contributed by atoms with Gasteiger partial charge >= 0.3 is 0 Å². The van der Waals surface area contributed by atoms with Gasteiger partial charge in [0.05, 0.1) is 5.58 Å². The Morgan fingerprint density at radius 1 is 0.754 bits per heavy atom. The second-order valence-corrected chi connectivity index (χ2v) is 15.4. The fraction of sp³-hybridized carbons (Fsp3) is 0.283. The molecule has 0 spiro atoms. The van der Waals surface area contributed by atoms with Crippen LogP contribution in [0.4, 0.5) is 0 Å². The third kappa shape index (κ3) is 8.69. The Kier molecular flexibility index (Phi) is 7.77. The van der Waals surface area contributed by atoms with Gasteiger partial charge in [0.2, 0.25) is 0 Å². The van der Waals surface area contributed by atoms with Crippen LogP contribution < -0.4 is 0 Å². The van der Waals surface area contributed by atoms with Gasteiger partial charge in [0.25, 0.3) is 0 Å². The fourth-order valence-corrected chi connectivity index (χ4v) is 7.41. The van der Waals surface area contributed by atoms with Crippen molar-refractivity contribution in [2.75, 3.05) is 0 Å². The van der Waals surface area contributed by atoms with Crippen LogP contribution in [0, 0.1) is 45.0 Å². The zero-order valence-corrected chi connectivity index (χ0v) is 34.5. The average molecular weight is 939 g/mol. The van der Waals surface area contributed by atoms with Crippen molar-refractivity contribution in [2.45, 2.75) is 92.6 Å². The number of fused-ring (bicyclic) bond motifs is 5. The van der Waals surface area contributed by atoms with Crippen molar-refractivity contribution in [1.29, 1.82) is 0 Å². The topological polar surface area (TPSA) is 38.9 Å². The summed E-state index contributed by atoms with van der Waals surface area (Å²) in [5.41, 5.74) is 4.43. The summed E-state index contributed by atoms with van der Waals surface area (Å²) in [6.07, 6.45) is 5.65. The summed E-state index contributed by atoms with van der Waals surface area (Å²) in [6.45, 7) is -3.63. The number of nitrogens with zero attached hydrogens (tertiary/aromatic N) is 2.